The van der Waals surface area contributed by atoms with E-state index >= 15 is 0 Å². The molecule has 132 valence electrons. The number of benzene rings is 1. The Bertz CT molecular complexity index is 619. The van der Waals surface area contributed by atoms with Crippen LogP contribution in [0.25, 0.3) is 0 Å². The average Bonchev–Trinajstić information content (AvgIpc) is 2.89. The van der Waals surface area contributed by atoms with E-state index in [1.165, 1.54) is 24.1 Å². The Labute approximate surface area is 137 Å². The molecular weight excluding hydrogens is 325 g/mol. The van der Waals surface area contributed by atoms with Crippen LogP contribution in [-0.4, -0.2) is 38.1 Å². The fourth-order valence-corrected chi connectivity index (χ4v) is 2.64. The van der Waals surface area contributed by atoms with Gasteiger partial charge in [0.1, 0.15) is 0 Å². The highest BCUT2D eigenvalue weighted by atomic mass is 19.4. The maximum atomic E-state index is 12.8. The maximum absolute atomic E-state index is 12.8. The van der Waals surface area contributed by atoms with Gasteiger partial charge in [-0.15, -0.1) is 0 Å². The Morgan fingerprint density at radius 2 is 2.17 bits per heavy atom. The zero-order valence-electron chi connectivity index (χ0n) is 13.4. The van der Waals surface area contributed by atoms with Crippen molar-refractivity contribution >= 4 is 17.5 Å². The van der Waals surface area contributed by atoms with Crippen LogP contribution in [0.15, 0.2) is 24.3 Å². The Morgan fingerprint density at radius 3 is 2.79 bits per heavy atom. The van der Waals surface area contributed by atoms with E-state index in [2.05, 4.69) is 5.32 Å². The van der Waals surface area contributed by atoms with Crippen LogP contribution in [0.5, 0.6) is 0 Å². The van der Waals surface area contributed by atoms with E-state index in [0.29, 0.717) is 6.61 Å². The van der Waals surface area contributed by atoms with Crippen LogP contribution < -0.4 is 10.2 Å². The van der Waals surface area contributed by atoms with Crippen molar-refractivity contribution in [1.82, 2.24) is 5.32 Å². The van der Waals surface area contributed by atoms with E-state index < -0.39 is 17.7 Å². The molecule has 2 atom stereocenters. The van der Waals surface area contributed by atoms with Crippen molar-refractivity contribution in [3.8, 4) is 0 Å². The third-order valence-electron chi connectivity index (χ3n) is 3.79. The maximum Gasteiger partial charge on any atom is 0.416 e. The predicted octanol–water partition coefficient (Wildman–Crippen LogP) is 2.21. The first-order valence-corrected chi connectivity index (χ1v) is 7.49. The lowest BCUT2D eigenvalue weighted by Gasteiger charge is -2.19. The first kappa shape index (κ1) is 18.3. The monoisotopic (exact) mass is 344 g/mol. The van der Waals surface area contributed by atoms with Crippen molar-refractivity contribution in [2.24, 2.45) is 5.92 Å². The van der Waals surface area contributed by atoms with Gasteiger partial charge in [-0.25, -0.2) is 0 Å². The molecule has 24 heavy (non-hydrogen) atoms. The lowest BCUT2D eigenvalue weighted by atomic mass is 10.1. The molecule has 0 spiro atoms. The average molecular weight is 344 g/mol. The van der Waals surface area contributed by atoms with Gasteiger partial charge in [-0.1, -0.05) is 6.07 Å². The molecule has 1 heterocycles. The third kappa shape index (κ3) is 4.25. The molecule has 0 aliphatic carbocycles. The van der Waals surface area contributed by atoms with Crippen LogP contribution >= 0.6 is 0 Å². The number of ether oxygens (including phenoxy) is 1. The number of carbonyl (C=O) groups is 2. The summed E-state index contributed by atoms with van der Waals surface area (Å²) in [4.78, 5) is 25.5. The molecular formula is C16H19F3N2O3. The molecule has 8 heteroatoms. The molecule has 1 aliphatic heterocycles. The number of nitrogens with zero attached hydrogens (tertiary/aromatic N) is 1. The second-order valence-corrected chi connectivity index (χ2v) is 5.82. The number of alkyl halides is 3. The number of nitrogens with one attached hydrogen (secondary N) is 1. The van der Waals surface area contributed by atoms with E-state index in [-0.39, 0.29) is 36.5 Å². The molecule has 1 aromatic carbocycles. The third-order valence-corrected chi connectivity index (χ3v) is 3.79. The van der Waals surface area contributed by atoms with Gasteiger partial charge in [-0.05, 0) is 25.1 Å². The zero-order chi connectivity index (χ0) is 17.9. The Hall–Kier alpha value is -2.09. The van der Waals surface area contributed by atoms with E-state index in [0.717, 1.165) is 12.1 Å². The van der Waals surface area contributed by atoms with Gasteiger partial charge in [-0.3, -0.25) is 9.59 Å². The van der Waals surface area contributed by atoms with Gasteiger partial charge in [0.25, 0.3) is 0 Å². The summed E-state index contributed by atoms with van der Waals surface area (Å²) in [6.07, 6.45) is -4.51. The van der Waals surface area contributed by atoms with Gasteiger partial charge in [0.15, 0.2) is 0 Å². The number of hydrogen-bond donors (Lipinski definition) is 1. The first-order chi connectivity index (χ1) is 11.2. The van der Waals surface area contributed by atoms with E-state index in [4.69, 9.17) is 4.74 Å². The largest absolute Gasteiger partial charge is 0.416 e. The van der Waals surface area contributed by atoms with Crippen LogP contribution in [0.1, 0.15) is 18.9 Å². The van der Waals surface area contributed by atoms with Crippen LogP contribution in [0.4, 0.5) is 18.9 Å². The minimum atomic E-state index is -4.48. The van der Waals surface area contributed by atoms with Crippen molar-refractivity contribution in [1.29, 1.82) is 0 Å². The molecule has 5 nitrogen and oxygen atoms in total. The zero-order valence-corrected chi connectivity index (χ0v) is 13.4. The van der Waals surface area contributed by atoms with Gasteiger partial charge in [0.05, 0.1) is 18.1 Å². The molecule has 0 radical (unpaired) electrons. The Balaban J connectivity index is 2.09. The molecule has 1 aromatic rings. The number of hydrogen-bond acceptors (Lipinski definition) is 3. The van der Waals surface area contributed by atoms with Crippen molar-refractivity contribution in [2.45, 2.75) is 25.6 Å². The van der Waals surface area contributed by atoms with Crippen molar-refractivity contribution < 1.29 is 27.5 Å². The fourth-order valence-electron chi connectivity index (χ4n) is 2.64. The molecule has 2 unspecified atom stereocenters. The molecule has 0 bridgehead atoms. The number of amides is 2. The molecule has 1 N–H and O–H groups in total. The van der Waals surface area contributed by atoms with Crippen LogP contribution in [-0.2, 0) is 20.5 Å². The highest BCUT2D eigenvalue weighted by Gasteiger charge is 2.37. The minimum Gasteiger partial charge on any atom is -0.383 e. The van der Waals surface area contributed by atoms with Crippen LogP contribution in [0.3, 0.4) is 0 Å². The van der Waals surface area contributed by atoms with E-state index in [9.17, 15) is 22.8 Å². The van der Waals surface area contributed by atoms with Gasteiger partial charge < -0.3 is 15.0 Å². The number of carbonyl (C=O) groups excluding carboxylic acids is 2. The second kappa shape index (κ2) is 7.21. The number of halogens is 3. The molecule has 1 fully saturated rings. The summed E-state index contributed by atoms with van der Waals surface area (Å²) in [5, 5.41) is 2.73. The van der Waals surface area contributed by atoms with Crippen LogP contribution in [0.2, 0.25) is 0 Å². The van der Waals surface area contributed by atoms with Crippen molar-refractivity contribution in [2.75, 3.05) is 25.2 Å². The Kier molecular flexibility index (Phi) is 5.48. The lowest BCUT2D eigenvalue weighted by Crippen LogP contribution is -2.40. The highest BCUT2D eigenvalue weighted by Crippen LogP contribution is 2.33. The molecule has 1 aliphatic rings. The molecule has 2 rings (SSSR count). The SMILES string of the molecule is COCC(C)NC(=O)C1CC(=O)N(c2cccc(C(F)(F)F)c2)C1. The summed E-state index contributed by atoms with van der Waals surface area (Å²) in [6.45, 7) is 2.16. The summed E-state index contributed by atoms with van der Waals surface area (Å²) in [5.41, 5.74) is -0.676. The normalized spacial score (nSPS) is 19.5. The summed E-state index contributed by atoms with van der Waals surface area (Å²) < 4.78 is 43.3. The summed E-state index contributed by atoms with van der Waals surface area (Å²) in [6, 6.07) is 4.34. The smallest absolute Gasteiger partial charge is 0.383 e. The summed E-state index contributed by atoms with van der Waals surface area (Å²) in [7, 11) is 1.51. The second-order valence-electron chi connectivity index (χ2n) is 5.82. The number of anilines is 1. The molecule has 0 aromatic heterocycles. The van der Waals surface area contributed by atoms with Crippen molar-refractivity contribution in [3.63, 3.8) is 0 Å². The summed E-state index contributed by atoms with van der Waals surface area (Å²) in [5.74, 6) is -1.26. The molecule has 1 saturated heterocycles. The number of rotatable bonds is 5. The van der Waals surface area contributed by atoms with Crippen LogP contribution in [0, 0.1) is 5.92 Å². The fraction of sp³-hybridized carbons (Fsp3) is 0.500. The minimum absolute atomic E-state index is 0.0260. The van der Waals surface area contributed by atoms with Gasteiger partial charge >= 0.3 is 6.18 Å². The van der Waals surface area contributed by atoms with E-state index in [1.807, 2.05) is 0 Å². The van der Waals surface area contributed by atoms with E-state index in [1.54, 1.807) is 6.92 Å². The van der Waals surface area contributed by atoms with Gasteiger partial charge in [0.2, 0.25) is 11.8 Å². The van der Waals surface area contributed by atoms with Gasteiger partial charge in [-0.2, -0.15) is 13.2 Å². The number of methoxy groups -OCH3 is 1. The predicted molar refractivity (Wildman–Crippen MR) is 81.4 cm³/mol. The first-order valence-electron chi connectivity index (χ1n) is 7.49. The topological polar surface area (TPSA) is 58.6 Å². The quantitative estimate of drug-likeness (QED) is 0.891. The molecule has 2 amide bonds. The van der Waals surface area contributed by atoms with Crippen molar-refractivity contribution in [3.05, 3.63) is 29.8 Å². The Morgan fingerprint density at radius 1 is 1.46 bits per heavy atom. The highest BCUT2D eigenvalue weighted by molar-refractivity contribution is 6.00. The molecule has 0 saturated carbocycles. The lowest BCUT2D eigenvalue weighted by molar-refractivity contribution is -0.137. The summed E-state index contributed by atoms with van der Waals surface area (Å²) >= 11 is 0. The van der Waals surface area contributed by atoms with Gasteiger partial charge in [0, 0.05) is 31.8 Å². The standard InChI is InChI=1S/C16H19F3N2O3/c1-10(9-24-2)20-15(23)11-6-14(22)21(8-11)13-5-3-4-12(7-13)16(17,18)19/h3-5,7,10-11H,6,8-9H2,1-2H3,(H,20,23).